The van der Waals surface area contributed by atoms with Gasteiger partial charge >= 0.3 is 0 Å². The van der Waals surface area contributed by atoms with Gasteiger partial charge in [-0.3, -0.25) is 0 Å². The maximum absolute atomic E-state index is 5.73. The lowest BCUT2D eigenvalue weighted by Gasteiger charge is -2.09. The summed E-state index contributed by atoms with van der Waals surface area (Å²) in [4.78, 5) is 0. The van der Waals surface area contributed by atoms with E-state index in [1.165, 1.54) is 82.6 Å². The highest BCUT2D eigenvalue weighted by molar-refractivity contribution is 5.13. The minimum atomic E-state index is -0.0420. The largest absolute Gasteiger partial charge is 0.373 e. The second-order valence-corrected chi connectivity index (χ2v) is 7.62. The van der Waals surface area contributed by atoms with Crippen LogP contribution in [-0.2, 0) is 11.3 Å². The van der Waals surface area contributed by atoms with Crippen molar-refractivity contribution >= 4 is 0 Å². The molecule has 1 atom stereocenters. The number of rotatable bonds is 16. The van der Waals surface area contributed by atoms with Crippen LogP contribution in [0.1, 0.15) is 102 Å². The molecule has 1 nitrogen and oxygen atoms in total. The molecular formula is C26H41O. The van der Waals surface area contributed by atoms with Crippen molar-refractivity contribution in [3.05, 3.63) is 42.8 Å². The molecule has 0 aliphatic heterocycles. The quantitative estimate of drug-likeness (QED) is 0.212. The number of hydrogen-bond acceptors (Lipinski definition) is 1. The highest BCUT2D eigenvalue weighted by Crippen LogP contribution is 2.12. The Morgan fingerprint density at radius 2 is 1.33 bits per heavy atom. The Balaban J connectivity index is 1.84. The minimum Gasteiger partial charge on any atom is -0.373 e. The van der Waals surface area contributed by atoms with Crippen molar-refractivity contribution in [1.29, 1.82) is 0 Å². The molecule has 1 radical (unpaired) electrons. The van der Waals surface area contributed by atoms with Crippen molar-refractivity contribution in [2.75, 3.05) is 0 Å². The Morgan fingerprint density at radius 1 is 0.778 bits per heavy atom. The Kier molecular flexibility index (Phi) is 16.0. The Bertz CT molecular complexity index is 482. The van der Waals surface area contributed by atoms with Gasteiger partial charge in [0, 0.05) is 12.8 Å². The summed E-state index contributed by atoms with van der Waals surface area (Å²) >= 11 is 0. The van der Waals surface area contributed by atoms with Crippen LogP contribution in [0.25, 0.3) is 0 Å². The third-order valence-corrected chi connectivity index (χ3v) is 4.94. The molecule has 27 heavy (non-hydrogen) atoms. The first-order valence-corrected chi connectivity index (χ1v) is 11.3. The van der Waals surface area contributed by atoms with Crippen LogP contribution in [0, 0.1) is 18.8 Å². The van der Waals surface area contributed by atoms with Crippen LogP contribution in [0.4, 0.5) is 0 Å². The smallest absolute Gasteiger partial charge is 0.0721 e. The van der Waals surface area contributed by atoms with Crippen molar-refractivity contribution in [1.82, 2.24) is 0 Å². The fourth-order valence-electron chi connectivity index (χ4n) is 3.18. The molecule has 0 spiro atoms. The topological polar surface area (TPSA) is 9.23 Å². The molecule has 0 saturated carbocycles. The zero-order chi connectivity index (χ0) is 19.4. The van der Waals surface area contributed by atoms with Crippen molar-refractivity contribution < 1.29 is 4.74 Å². The van der Waals surface area contributed by atoms with Crippen molar-refractivity contribution in [3.63, 3.8) is 0 Å². The van der Waals surface area contributed by atoms with Gasteiger partial charge in [-0.2, -0.15) is 0 Å². The molecule has 0 heterocycles. The lowest BCUT2D eigenvalue weighted by molar-refractivity contribution is 0.0735. The highest BCUT2D eigenvalue weighted by Gasteiger charge is 2.00. The van der Waals surface area contributed by atoms with Crippen molar-refractivity contribution in [3.8, 4) is 11.8 Å². The van der Waals surface area contributed by atoms with Gasteiger partial charge < -0.3 is 4.74 Å². The normalized spacial score (nSPS) is 11.8. The number of hydrogen-bond donors (Lipinski definition) is 0. The first-order valence-electron chi connectivity index (χ1n) is 11.3. The lowest BCUT2D eigenvalue weighted by atomic mass is 10.0. The lowest BCUT2D eigenvalue weighted by Crippen LogP contribution is -2.07. The molecule has 1 aromatic carbocycles. The molecule has 0 N–H and O–H groups in total. The van der Waals surface area contributed by atoms with E-state index in [4.69, 9.17) is 4.74 Å². The third kappa shape index (κ3) is 15.5. The first kappa shape index (κ1) is 23.8. The molecule has 0 bridgehead atoms. The molecule has 0 aliphatic carbocycles. The fraction of sp³-hybridized carbons (Fsp3) is 0.654. The molecule has 1 aromatic rings. The molecule has 0 aromatic heterocycles. The van der Waals surface area contributed by atoms with Crippen LogP contribution in [0.5, 0.6) is 0 Å². The fourth-order valence-corrected chi connectivity index (χ4v) is 3.18. The summed E-state index contributed by atoms with van der Waals surface area (Å²) in [6.07, 6.45) is 18.4. The predicted octanol–water partition coefficient (Wildman–Crippen LogP) is 7.89. The van der Waals surface area contributed by atoms with Crippen LogP contribution >= 0.6 is 0 Å². The van der Waals surface area contributed by atoms with Gasteiger partial charge in [0.05, 0.1) is 12.7 Å². The van der Waals surface area contributed by atoms with Gasteiger partial charge in [-0.15, -0.1) is 11.8 Å². The van der Waals surface area contributed by atoms with Gasteiger partial charge in [0.1, 0.15) is 0 Å². The molecule has 0 fully saturated rings. The van der Waals surface area contributed by atoms with E-state index in [1.54, 1.807) is 0 Å². The van der Waals surface area contributed by atoms with Gasteiger partial charge in [-0.25, -0.2) is 0 Å². The first-order chi connectivity index (χ1) is 13.3. The highest BCUT2D eigenvalue weighted by atomic mass is 16.5. The van der Waals surface area contributed by atoms with E-state index in [2.05, 4.69) is 37.8 Å². The summed E-state index contributed by atoms with van der Waals surface area (Å²) in [7, 11) is 0. The van der Waals surface area contributed by atoms with E-state index in [0.29, 0.717) is 6.61 Å². The molecule has 1 heteroatoms. The van der Waals surface area contributed by atoms with E-state index < -0.39 is 0 Å². The third-order valence-electron chi connectivity index (χ3n) is 4.94. The molecule has 1 rings (SSSR count). The molecule has 0 saturated heterocycles. The summed E-state index contributed by atoms with van der Waals surface area (Å²) in [6.45, 7) is 6.93. The zero-order valence-electron chi connectivity index (χ0n) is 17.7. The van der Waals surface area contributed by atoms with Gasteiger partial charge in [0.25, 0.3) is 0 Å². The van der Waals surface area contributed by atoms with Crippen LogP contribution in [0.2, 0.25) is 0 Å². The van der Waals surface area contributed by atoms with Crippen molar-refractivity contribution in [2.24, 2.45) is 0 Å². The summed E-state index contributed by atoms with van der Waals surface area (Å²) in [5.41, 5.74) is 1.19. The van der Waals surface area contributed by atoms with Gasteiger partial charge in [-0.1, -0.05) is 108 Å². The minimum absolute atomic E-state index is 0.0420. The summed E-state index contributed by atoms with van der Waals surface area (Å²) in [5, 5.41) is 0. The average molecular weight is 370 g/mol. The Morgan fingerprint density at radius 3 is 1.93 bits per heavy atom. The zero-order valence-corrected chi connectivity index (χ0v) is 17.7. The monoisotopic (exact) mass is 369 g/mol. The summed E-state index contributed by atoms with van der Waals surface area (Å²) in [5.74, 6) is 6.50. The molecular weight excluding hydrogens is 328 g/mol. The van der Waals surface area contributed by atoms with Crippen LogP contribution < -0.4 is 0 Å². The number of ether oxygens (including phenoxy) is 1. The summed E-state index contributed by atoms with van der Waals surface area (Å²) in [6, 6.07) is 10.2. The maximum Gasteiger partial charge on any atom is 0.0721 e. The van der Waals surface area contributed by atoms with E-state index in [-0.39, 0.29) is 6.10 Å². The molecule has 0 unspecified atom stereocenters. The summed E-state index contributed by atoms with van der Waals surface area (Å²) < 4.78 is 5.73. The van der Waals surface area contributed by atoms with E-state index in [0.717, 1.165) is 12.8 Å². The van der Waals surface area contributed by atoms with Gasteiger partial charge in [0.2, 0.25) is 0 Å². The van der Waals surface area contributed by atoms with Gasteiger partial charge in [-0.05, 0) is 18.9 Å². The second kappa shape index (κ2) is 18.1. The number of benzene rings is 1. The van der Waals surface area contributed by atoms with Crippen molar-refractivity contribution in [2.45, 2.75) is 110 Å². The second-order valence-electron chi connectivity index (χ2n) is 7.62. The molecule has 0 amide bonds. The predicted molar refractivity (Wildman–Crippen MR) is 118 cm³/mol. The Labute approximate surface area is 169 Å². The maximum atomic E-state index is 5.73. The molecule has 0 aliphatic rings. The average Bonchev–Trinajstić information content (AvgIpc) is 2.70. The van der Waals surface area contributed by atoms with Crippen LogP contribution in [0.15, 0.2) is 30.3 Å². The Hall–Kier alpha value is -1.26. The molecule has 151 valence electrons. The van der Waals surface area contributed by atoms with E-state index in [9.17, 15) is 0 Å². The van der Waals surface area contributed by atoms with E-state index >= 15 is 0 Å². The van der Waals surface area contributed by atoms with Gasteiger partial charge in [0.15, 0.2) is 0 Å². The van der Waals surface area contributed by atoms with Crippen LogP contribution in [0.3, 0.4) is 0 Å². The standard InChI is InChI=1S/C26H41O/c1-3-4-5-6-7-8-9-10-11-12-13-14-15-16-18-21-25(2)27-24-26-22-19-17-20-23-26/h17,19-20,22-23,25H,2-15,21,24H2,1H3/t25-/m1/s1. The van der Waals surface area contributed by atoms with E-state index in [1.807, 2.05) is 18.2 Å². The van der Waals surface area contributed by atoms with Crippen LogP contribution in [-0.4, -0.2) is 6.10 Å². The SMILES string of the molecule is [CH2][C@H](CC#CCCCCCCCCCCCCCC)OCc1ccccc1. The number of unbranched alkanes of at least 4 members (excludes halogenated alkanes) is 12.